The lowest BCUT2D eigenvalue weighted by Gasteiger charge is -2.26. The molecule has 0 unspecified atom stereocenters. The Hall–Kier alpha value is -4.21. The average molecular weight is 532 g/mol. The summed E-state index contributed by atoms with van der Waals surface area (Å²) in [5, 5.41) is 7.58. The zero-order chi connectivity index (χ0) is 27.2. The molecule has 0 saturated carbocycles. The van der Waals surface area contributed by atoms with Crippen molar-refractivity contribution in [3.8, 4) is 16.9 Å². The van der Waals surface area contributed by atoms with Crippen molar-refractivity contribution in [2.45, 2.75) is 0 Å². The zero-order valence-corrected chi connectivity index (χ0v) is 22.6. The van der Waals surface area contributed by atoms with Crippen LogP contribution in [0.1, 0.15) is 0 Å². The van der Waals surface area contributed by atoms with E-state index in [1.807, 2.05) is 57.5 Å². The molecule has 10 heteroatoms. The number of aromatic nitrogens is 3. The van der Waals surface area contributed by atoms with Gasteiger partial charge < -0.3 is 25.2 Å². The molecule has 38 heavy (non-hydrogen) atoms. The first-order valence-corrected chi connectivity index (χ1v) is 12.3. The van der Waals surface area contributed by atoms with Gasteiger partial charge in [-0.3, -0.25) is 9.78 Å². The summed E-state index contributed by atoms with van der Waals surface area (Å²) in [7, 11) is 7.59. The zero-order valence-electron chi connectivity index (χ0n) is 21.8. The van der Waals surface area contributed by atoms with Crippen molar-refractivity contribution in [3.63, 3.8) is 0 Å². The van der Waals surface area contributed by atoms with Crippen molar-refractivity contribution >= 4 is 51.4 Å². The van der Waals surface area contributed by atoms with E-state index in [9.17, 15) is 4.79 Å². The number of fused-ring (bicyclic) bond motifs is 1. The number of carbonyl (C=O) groups is 1. The Morgan fingerprint density at radius 2 is 1.92 bits per heavy atom. The Balaban J connectivity index is 1.75. The molecule has 2 aromatic heterocycles. The molecule has 1 amide bonds. The lowest BCUT2D eigenvalue weighted by Crippen LogP contribution is -2.29. The molecular weight excluding hydrogens is 502 g/mol. The lowest BCUT2D eigenvalue weighted by atomic mass is 10.0. The van der Waals surface area contributed by atoms with Gasteiger partial charge in [-0.2, -0.15) is 0 Å². The van der Waals surface area contributed by atoms with E-state index >= 15 is 0 Å². The van der Waals surface area contributed by atoms with Crippen molar-refractivity contribution in [2.75, 3.05) is 56.9 Å². The molecule has 0 bridgehead atoms. The number of halogens is 1. The van der Waals surface area contributed by atoms with Crippen LogP contribution < -0.4 is 20.3 Å². The van der Waals surface area contributed by atoms with Crippen LogP contribution in [0.5, 0.6) is 5.75 Å². The van der Waals surface area contributed by atoms with Gasteiger partial charge in [-0.1, -0.05) is 36.4 Å². The van der Waals surface area contributed by atoms with Gasteiger partial charge in [0.1, 0.15) is 5.75 Å². The van der Waals surface area contributed by atoms with E-state index in [4.69, 9.17) is 21.3 Å². The van der Waals surface area contributed by atoms with Gasteiger partial charge in [0.05, 0.1) is 34.7 Å². The number of hydrogen-bond acceptors (Lipinski definition) is 8. The van der Waals surface area contributed by atoms with E-state index in [-0.39, 0.29) is 5.91 Å². The molecule has 9 nitrogen and oxygen atoms in total. The predicted octanol–water partition coefficient (Wildman–Crippen LogP) is 5.22. The highest BCUT2D eigenvalue weighted by Gasteiger charge is 2.17. The average Bonchev–Trinajstić information content (AvgIpc) is 2.91. The van der Waals surface area contributed by atoms with Crippen molar-refractivity contribution in [2.24, 2.45) is 0 Å². The number of pyridine rings is 1. The maximum absolute atomic E-state index is 12.2. The molecule has 0 spiro atoms. The van der Waals surface area contributed by atoms with Crippen molar-refractivity contribution in [1.29, 1.82) is 0 Å². The second-order valence-corrected chi connectivity index (χ2v) is 9.38. The van der Waals surface area contributed by atoms with Crippen LogP contribution in [-0.4, -0.2) is 67.1 Å². The topological polar surface area (TPSA) is 95.5 Å². The minimum absolute atomic E-state index is 0.315. The number of anilines is 4. The Morgan fingerprint density at radius 3 is 2.63 bits per heavy atom. The molecule has 0 fully saturated rings. The summed E-state index contributed by atoms with van der Waals surface area (Å²) in [6, 6.07) is 11.4. The minimum Gasteiger partial charge on any atom is -0.494 e. The van der Waals surface area contributed by atoms with E-state index in [1.54, 1.807) is 25.7 Å². The molecule has 0 aliphatic rings. The highest BCUT2D eigenvalue weighted by molar-refractivity contribution is 6.30. The van der Waals surface area contributed by atoms with Gasteiger partial charge in [0, 0.05) is 61.3 Å². The van der Waals surface area contributed by atoms with Crippen LogP contribution in [0.15, 0.2) is 67.6 Å². The fraction of sp³-hybridized carbons (Fsp3) is 0.214. The van der Waals surface area contributed by atoms with Crippen molar-refractivity contribution in [3.05, 3.63) is 72.7 Å². The Kier molecular flexibility index (Phi) is 8.40. The molecule has 2 heterocycles. The van der Waals surface area contributed by atoms with Gasteiger partial charge in [0.25, 0.3) is 0 Å². The van der Waals surface area contributed by atoms with E-state index in [0.717, 1.165) is 40.8 Å². The number of para-hydroxylation sites is 1. The third-order valence-corrected chi connectivity index (χ3v) is 6.13. The van der Waals surface area contributed by atoms with Crippen LogP contribution in [0.4, 0.5) is 23.0 Å². The van der Waals surface area contributed by atoms with Gasteiger partial charge in [0.2, 0.25) is 11.9 Å². The Morgan fingerprint density at radius 1 is 1.11 bits per heavy atom. The minimum atomic E-state index is -0.315. The van der Waals surface area contributed by atoms with Crippen molar-refractivity contribution < 1.29 is 9.53 Å². The van der Waals surface area contributed by atoms with Gasteiger partial charge in [-0.25, -0.2) is 9.97 Å². The molecule has 196 valence electrons. The summed E-state index contributed by atoms with van der Waals surface area (Å²) >= 11 is 6.19. The highest BCUT2D eigenvalue weighted by atomic mass is 35.5. The summed E-state index contributed by atoms with van der Waals surface area (Å²) in [5.74, 6) is 0.627. The summed E-state index contributed by atoms with van der Waals surface area (Å²) in [4.78, 5) is 29.9. The number of ether oxygens (including phenoxy) is 1. The molecule has 0 aliphatic carbocycles. The van der Waals surface area contributed by atoms with Gasteiger partial charge in [0.15, 0.2) is 0 Å². The maximum atomic E-state index is 12.2. The maximum Gasteiger partial charge on any atom is 0.247 e. The Bertz CT molecular complexity index is 1480. The monoisotopic (exact) mass is 531 g/mol. The van der Waals surface area contributed by atoms with Crippen LogP contribution in [0.25, 0.3) is 22.0 Å². The first-order chi connectivity index (χ1) is 18.3. The lowest BCUT2D eigenvalue weighted by molar-refractivity contribution is -0.111. The quantitative estimate of drug-likeness (QED) is 0.269. The number of rotatable bonds is 10. The molecule has 4 rings (SSSR count). The number of methoxy groups -OCH3 is 1. The molecule has 0 aliphatic heterocycles. The number of benzene rings is 2. The molecule has 0 atom stereocenters. The fourth-order valence-corrected chi connectivity index (χ4v) is 4.11. The van der Waals surface area contributed by atoms with E-state index in [2.05, 4.69) is 37.0 Å². The van der Waals surface area contributed by atoms with Crippen LogP contribution in [0.3, 0.4) is 0 Å². The summed E-state index contributed by atoms with van der Waals surface area (Å²) in [5.41, 5.74) is 4.48. The summed E-state index contributed by atoms with van der Waals surface area (Å²) in [6.45, 7) is 5.16. The second-order valence-electron chi connectivity index (χ2n) is 8.94. The van der Waals surface area contributed by atoms with Crippen molar-refractivity contribution in [1.82, 2.24) is 19.9 Å². The third kappa shape index (κ3) is 6.19. The highest BCUT2D eigenvalue weighted by Crippen LogP contribution is 2.38. The predicted molar refractivity (Wildman–Crippen MR) is 155 cm³/mol. The molecule has 2 N–H and O–H groups in total. The van der Waals surface area contributed by atoms with Gasteiger partial charge in [-0.15, -0.1) is 0 Å². The fourth-order valence-electron chi connectivity index (χ4n) is 3.93. The SMILES string of the molecule is C=CC(=O)Nc1cc(Nc2ncc3cccc(-c4cncc(Cl)c4)c3n2)c(OC)cc1N(C)CCN(C)C. The number of hydrogen-bond donors (Lipinski definition) is 2. The van der Waals surface area contributed by atoms with E-state index in [0.29, 0.717) is 28.1 Å². The van der Waals surface area contributed by atoms with Crippen LogP contribution in [0, 0.1) is 0 Å². The van der Waals surface area contributed by atoms with Gasteiger partial charge >= 0.3 is 0 Å². The molecule has 0 radical (unpaired) electrons. The third-order valence-electron chi connectivity index (χ3n) is 5.93. The normalized spacial score (nSPS) is 10.9. The second kappa shape index (κ2) is 11.9. The molecule has 0 saturated heterocycles. The van der Waals surface area contributed by atoms with Crippen LogP contribution >= 0.6 is 11.6 Å². The van der Waals surface area contributed by atoms with E-state index < -0.39 is 0 Å². The molecule has 4 aromatic rings. The largest absolute Gasteiger partial charge is 0.494 e. The van der Waals surface area contributed by atoms with E-state index in [1.165, 1.54) is 6.08 Å². The number of amides is 1. The van der Waals surface area contributed by atoms with Crippen LogP contribution in [0.2, 0.25) is 5.02 Å². The number of nitrogens with one attached hydrogen (secondary N) is 2. The molecule has 2 aromatic carbocycles. The first kappa shape index (κ1) is 26.8. The summed E-state index contributed by atoms with van der Waals surface area (Å²) < 4.78 is 5.70. The summed E-state index contributed by atoms with van der Waals surface area (Å²) in [6.07, 6.45) is 6.33. The smallest absolute Gasteiger partial charge is 0.247 e. The standard InChI is InChI=1S/C28H30ClN7O2/c1-6-26(37)32-22-13-23(25(38-5)14-24(22)36(4)11-10-35(2)3)33-28-31-16-18-8-7-9-21(27(18)34-28)19-12-20(29)17-30-15-19/h6-9,12-17H,1,10-11H2,2-5H3,(H,32,37)(H,31,33,34). The van der Waals surface area contributed by atoms with Crippen LogP contribution in [-0.2, 0) is 4.79 Å². The Labute approximate surface area is 227 Å². The van der Waals surface area contributed by atoms with Gasteiger partial charge in [-0.05, 0) is 32.3 Å². The number of likely N-dealkylation sites (N-methyl/N-ethyl adjacent to an activating group) is 2. The first-order valence-electron chi connectivity index (χ1n) is 11.9. The number of carbonyl (C=O) groups excluding carboxylic acids is 1. The molecular formula is C28H30ClN7O2. The number of nitrogens with zero attached hydrogens (tertiary/aromatic N) is 5.